The van der Waals surface area contributed by atoms with Crippen LogP contribution in [0.1, 0.15) is 53.2 Å². The molecule has 4 nitrogen and oxygen atoms in total. The zero-order valence-electron chi connectivity index (χ0n) is 13.2. The van der Waals surface area contributed by atoms with E-state index in [0.717, 1.165) is 30.5 Å². The summed E-state index contributed by atoms with van der Waals surface area (Å²) >= 11 is 0. The first-order valence-electron chi connectivity index (χ1n) is 7.96. The van der Waals surface area contributed by atoms with Gasteiger partial charge in [0.1, 0.15) is 0 Å². The predicted molar refractivity (Wildman–Crippen MR) is 84.7 cm³/mol. The number of nitrogens with zero attached hydrogens (tertiary/aromatic N) is 1. The summed E-state index contributed by atoms with van der Waals surface area (Å²) in [5.41, 5.74) is 4.36. The number of amides is 1. The van der Waals surface area contributed by atoms with Crippen LogP contribution in [0.2, 0.25) is 0 Å². The number of carbonyl (C=O) groups excluding carboxylic acids is 1. The van der Waals surface area contributed by atoms with Crippen molar-refractivity contribution in [3.63, 3.8) is 0 Å². The molecule has 1 aliphatic carbocycles. The molecule has 0 fully saturated rings. The van der Waals surface area contributed by atoms with Crippen molar-refractivity contribution in [2.24, 2.45) is 5.92 Å². The normalized spacial score (nSPS) is 13.4. The average Bonchev–Trinajstić information content (AvgIpc) is 3.12. The first kappa shape index (κ1) is 14.8. The zero-order chi connectivity index (χ0) is 15.5. The molecule has 0 saturated heterocycles. The largest absolute Gasteiger partial charge is 0.359 e. The van der Waals surface area contributed by atoms with Gasteiger partial charge in [0.05, 0.1) is 12.2 Å². The molecule has 3 rings (SSSR count). The maximum Gasteiger partial charge on any atom is 0.251 e. The fraction of sp³-hybridized carbons (Fsp3) is 0.444. The number of rotatable bonds is 5. The number of fused-ring (bicyclic) bond motifs is 1. The Morgan fingerprint density at radius 1 is 1.27 bits per heavy atom. The van der Waals surface area contributed by atoms with Gasteiger partial charge in [0.25, 0.3) is 5.91 Å². The lowest BCUT2D eigenvalue weighted by molar-refractivity contribution is 0.0947. The number of hydrogen-bond donors (Lipinski definition) is 1. The molecule has 22 heavy (non-hydrogen) atoms. The second-order valence-electron chi connectivity index (χ2n) is 6.40. The lowest BCUT2D eigenvalue weighted by Gasteiger charge is -2.05. The molecule has 0 atom stereocenters. The molecule has 1 aromatic carbocycles. The van der Waals surface area contributed by atoms with Crippen LogP contribution in [0.4, 0.5) is 0 Å². The quantitative estimate of drug-likeness (QED) is 0.921. The molecular formula is C18H22N2O2. The Hall–Kier alpha value is -2.10. The first-order valence-corrected chi connectivity index (χ1v) is 7.96. The number of hydrogen-bond acceptors (Lipinski definition) is 3. The summed E-state index contributed by atoms with van der Waals surface area (Å²) < 4.78 is 5.26. The van der Waals surface area contributed by atoms with E-state index in [-0.39, 0.29) is 5.91 Å². The minimum Gasteiger partial charge on any atom is -0.359 e. The molecule has 2 aromatic rings. The maximum atomic E-state index is 12.2. The lowest BCUT2D eigenvalue weighted by atomic mass is 10.1. The molecule has 1 N–H and O–H groups in total. The molecule has 4 heteroatoms. The van der Waals surface area contributed by atoms with Crippen LogP contribution < -0.4 is 5.32 Å². The van der Waals surface area contributed by atoms with Crippen molar-refractivity contribution >= 4 is 5.91 Å². The second-order valence-corrected chi connectivity index (χ2v) is 6.40. The Labute approximate surface area is 130 Å². The molecule has 1 heterocycles. The summed E-state index contributed by atoms with van der Waals surface area (Å²) in [5, 5.41) is 6.93. The smallest absolute Gasteiger partial charge is 0.251 e. The standard InChI is InChI=1S/C18H22N2O2/c1-12(2)8-16-10-17(22-20-16)11-19-18(21)15-7-6-13-4-3-5-14(13)9-15/h6-7,9-10,12H,3-5,8,11H2,1-2H3,(H,19,21). The van der Waals surface area contributed by atoms with Crippen molar-refractivity contribution < 1.29 is 9.32 Å². The van der Waals surface area contributed by atoms with Gasteiger partial charge >= 0.3 is 0 Å². The maximum absolute atomic E-state index is 12.2. The van der Waals surface area contributed by atoms with Gasteiger partial charge < -0.3 is 9.84 Å². The highest BCUT2D eigenvalue weighted by atomic mass is 16.5. The average molecular weight is 298 g/mol. The summed E-state index contributed by atoms with van der Waals surface area (Å²) in [6.07, 6.45) is 4.30. The van der Waals surface area contributed by atoms with Gasteiger partial charge in [0.2, 0.25) is 0 Å². The number of carbonyl (C=O) groups is 1. The van der Waals surface area contributed by atoms with Crippen LogP contribution in [0.5, 0.6) is 0 Å². The molecule has 0 saturated carbocycles. The molecular weight excluding hydrogens is 276 g/mol. The third kappa shape index (κ3) is 3.38. The zero-order valence-corrected chi connectivity index (χ0v) is 13.2. The Morgan fingerprint density at radius 3 is 2.91 bits per heavy atom. The number of aryl methyl sites for hydroxylation is 2. The van der Waals surface area contributed by atoms with Gasteiger partial charge in [0, 0.05) is 11.6 Å². The molecule has 0 bridgehead atoms. The molecule has 0 radical (unpaired) electrons. The monoisotopic (exact) mass is 298 g/mol. The molecule has 116 valence electrons. The Balaban J connectivity index is 1.59. The lowest BCUT2D eigenvalue weighted by Crippen LogP contribution is -2.22. The van der Waals surface area contributed by atoms with Crippen LogP contribution >= 0.6 is 0 Å². The summed E-state index contributed by atoms with van der Waals surface area (Å²) in [6.45, 7) is 4.66. The second kappa shape index (κ2) is 6.34. The minimum absolute atomic E-state index is 0.0588. The van der Waals surface area contributed by atoms with Crippen molar-refractivity contribution in [1.29, 1.82) is 0 Å². The number of nitrogens with one attached hydrogen (secondary N) is 1. The van der Waals surface area contributed by atoms with E-state index in [1.54, 1.807) is 0 Å². The van der Waals surface area contributed by atoms with E-state index < -0.39 is 0 Å². The van der Waals surface area contributed by atoms with Gasteiger partial charge in [-0.25, -0.2) is 0 Å². The van der Waals surface area contributed by atoms with Gasteiger partial charge in [-0.1, -0.05) is 25.1 Å². The van der Waals surface area contributed by atoms with E-state index >= 15 is 0 Å². The Morgan fingerprint density at radius 2 is 2.09 bits per heavy atom. The first-order chi connectivity index (χ1) is 10.6. The summed E-state index contributed by atoms with van der Waals surface area (Å²) in [4.78, 5) is 12.2. The number of benzene rings is 1. The number of aromatic nitrogens is 1. The van der Waals surface area contributed by atoms with Gasteiger partial charge in [-0.2, -0.15) is 0 Å². The molecule has 1 aliphatic rings. The third-order valence-corrected chi connectivity index (χ3v) is 4.01. The van der Waals surface area contributed by atoms with Gasteiger partial charge in [-0.15, -0.1) is 0 Å². The van der Waals surface area contributed by atoms with Crippen molar-refractivity contribution in [3.8, 4) is 0 Å². The van der Waals surface area contributed by atoms with E-state index in [9.17, 15) is 4.79 Å². The molecule has 1 amide bonds. The van der Waals surface area contributed by atoms with Gasteiger partial charge in [-0.05, 0) is 54.9 Å². The van der Waals surface area contributed by atoms with Crippen LogP contribution in [0.3, 0.4) is 0 Å². The van der Waals surface area contributed by atoms with E-state index in [0.29, 0.717) is 18.2 Å². The topological polar surface area (TPSA) is 55.1 Å². The highest BCUT2D eigenvalue weighted by molar-refractivity contribution is 5.94. The van der Waals surface area contributed by atoms with Crippen LogP contribution in [0.15, 0.2) is 28.8 Å². The Bertz CT molecular complexity index is 673. The van der Waals surface area contributed by atoms with Crippen LogP contribution in [-0.2, 0) is 25.8 Å². The van der Waals surface area contributed by atoms with E-state index in [1.807, 2.05) is 18.2 Å². The summed E-state index contributed by atoms with van der Waals surface area (Å²) in [5.74, 6) is 1.18. The van der Waals surface area contributed by atoms with Gasteiger partial charge in [-0.3, -0.25) is 4.79 Å². The van der Waals surface area contributed by atoms with Crippen molar-refractivity contribution in [2.75, 3.05) is 0 Å². The summed E-state index contributed by atoms with van der Waals surface area (Å²) in [6, 6.07) is 7.92. The van der Waals surface area contributed by atoms with Crippen LogP contribution in [0.25, 0.3) is 0 Å². The minimum atomic E-state index is -0.0588. The van der Waals surface area contributed by atoms with E-state index in [2.05, 4.69) is 30.4 Å². The SMILES string of the molecule is CC(C)Cc1cc(CNC(=O)c2ccc3c(c2)CCC3)on1. The van der Waals surface area contributed by atoms with Crippen molar-refractivity contribution in [1.82, 2.24) is 10.5 Å². The fourth-order valence-corrected chi connectivity index (χ4v) is 2.94. The van der Waals surface area contributed by atoms with Crippen molar-refractivity contribution in [2.45, 2.75) is 46.1 Å². The predicted octanol–water partition coefficient (Wildman–Crippen LogP) is 3.29. The van der Waals surface area contributed by atoms with Crippen LogP contribution in [-0.4, -0.2) is 11.1 Å². The molecule has 0 spiro atoms. The highest BCUT2D eigenvalue weighted by Crippen LogP contribution is 2.22. The molecule has 0 aliphatic heterocycles. The van der Waals surface area contributed by atoms with E-state index in [1.165, 1.54) is 17.5 Å². The Kier molecular flexibility index (Phi) is 4.27. The van der Waals surface area contributed by atoms with Crippen LogP contribution in [0, 0.1) is 5.92 Å². The molecule has 0 unspecified atom stereocenters. The fourth-order valence-electron chi connectivity index (χ4n) is 2.94. The summed E-state index contributed by atoms with van der Waals surface area (Å²) in [7, 11) is 0. The molecule has 1 aromatic heterocycles. The highest BCUT2D eigenvalue weighted by Gasteiger charge is 2.14. The van der Waals surface area contributed by atoms with E-state index in [4.69, 9.17) is 4.52 Å². The van der Waals surface area contributed by atoms with Crippen molar-refractivity contribution in [3.05, 3.63) is 52.4 Å². The van der Waals surface area contributed by atoms with Gasteiger partial charge in [0.15, 0.2) is 5.76 Å². The third-order valence-electron chi connectivity index (χ3n) is 4.01.